The van der Waals surface area contributed by atoms with Crippen molar-refractivity contribution in [2.75, 3.05) is 0 Å². The number of furan rings is 1. The van der Waals surface area contributed by atoms with Crippen LogP contribution in [0, 0.1) is 5.92 Å². The van der Waals surface area contributed by atoms with Crippen molar-refractivity contribution in [3.05, 3.63) is 24.2 Å². The van der Waals surface area contributed by atoms with Crippen LogP contribution in [-0.4, -0.2) is 11.2 Å². The molecule has 0 radical (unpaired) electrons. The van der Waals surface area contributed by atoms with E-state index in [4.69, 9.17) is 4.42 Å². The third kappa shape index (κ3) is 0.773. The Labute approximate surface area is 77.6 Å². The second kappa shape index (κ2) is 2.38. The third-order valence-corrected chi connectivity index (χ3v) is 3.95. The van der Waals surface area contributed by atoms with Crippen molar-refractivity contribution in [1.29, 1.82) is 0 Å². The molecule has 0 spiro atoms. The van der Waals surface area contributed by atoms with E-state index in [9.17, 15) is 5.11 Å². The van der Waals surface area contributed by atoms with Gasteiger partial charge < -0.3 is 9.52 Å². The van der Waals surface area contributed by atoms with Crippen molar-refractivity contribution in [2.45, 2.75) is 37.2 Å². The predicted molar refractivity (Wildman–Crippen MR) is 48.4 cm³/mol. The summed E-state index contributed by atoms with van der Waals surface area (Å²) in [6.07, 6.45) is 6.13. The molecule has 0 bridgehead atoms. The summed E-state index contributed by atoms with van der Waals surface area (Å²) in [6, 6.07) is 3.94. The van der Waals surface area contributed by atoms with Crippen LogP contribution in [0.3, 0.4) is 0 Å². The zero-order chi connectivity index (χ0) is 8.89. The lowest BCUT2D eigenvalue weighted by Gasteiger charge is -2.48. The van der Waals surface area contributed by atoms with Crippen molar-refractivity contribution < 1.29 is 9.52 Å². The van der Waals surface area contributed by atoms with Crippen LogP contribution in [-0.2, 0) is 5.41 Å². The van der Waals surface area contributed by atoms with Crippen LogP contribution < -0.4 is 0 Å². The van der Waals surface area contributed by atoms with Gasteiger partial charge in [0.25, 0.3) is 0 Å². The zero-order valence-corrected chi connectivity index (χ0v) is 7.57. The molecule has 0 aromatic carbocycles. The summed E-state index contributed by atoms with van der Waals surface area (Å²) in [5.41, 5.74) is 0.00347. The molecule has 1 aromatic heterocycles. The van der Waals surface area contributed by atoms with Gasteiger partial charge in [-0.05, 0) is 37.3 Å². The Morgan fingerprint density at radius 2 is 2.46 bits per heavy atom. The topological polar surface area (TPSA) is 33.4 Å². The van der Waals surface area contributed by atoms with Crippen molar-refractivity contribution in [2.24, 2.45) is 5.92 Å². The van der Waals surface area contributed by atoms with E-state index in [1.165, 1.54) is 12.8 Å². The van der Waals surface area contributed by atoms with Crippen molar-refractivity contribution in [1.82, 2.24) is 0 Å². The average molecular weight is 178 g/mol. The maximum absolute atomic E-state index is 9.88. The van der Waals surface area contributed by atoms with Gasteiger partial charge in [-0.3, -0.25) is 0 Å². The van der Waals surface area contributed by atoms with Crippen LogP contribution in [0.15, 0.2) is 22.8 Å². The Bertz CT molecular complexity index is 304. The minimum absolute atomic E-state index is 0.00347. The Hall–Kier alpha value is -0.760. The highest BCUT2D eigenvalue weighted by molar-refractivity contribution is 5.26. The number of fused-ring (bicyclic) bond motifs is 1. The zero-order valence-electron chi connectivity index (χ0n) is 7.57. The summed E-state index contributed by atoms with van der Waals surface area (Å²) < 4.78 is 5.45. The minimum Gasteiger partial charge on any atom is -0.469 e. The molecule has 2 aliphatic rings. The van der Waals surface area contributed by atoms with E-state index < -0.39 is 0 Å². The van der Waals surface area contributed by atoms with E-state index in [2.05, 4.69) is 0 Å². The molecule has 3 unspecified atom stereocenters. The summed E-state index contributed by atoms with van der Waals surface area (Å²) >= 11 is 0. The fraction of sp³-hybridized carbons (Fsp3) is 0.636. The monoisotopic (exact) mass is 178 g/mol. The number of rotatable bonds is 1. The Morgan fingerprint density at radius 3 is 3.08 bits per heavy atom. The van der Waals surface area contributed by atoms with E-state index in [1.807, 2.05) is 12.1 Å². The first-order valence-corrected chi connectivity index (χ1v) is 5.06. The van der Waals surface area contributed by atoms with Crippen LogP contribution in [0.5, 0.6) is 0 Å². The van der Waals surface area contributed by atoms with E-state index >= 15 is 0 Å². The lowest BCUT2D eigenvalue weighted by molar-refractivity contribution is -0.0573. The van der Waals surface area contributed by atoms with Crippen molar-refractivity contribution >= 4 is 0 Å². The Kier molecular flexibility index (Phi) is 1.40. The fourth-order valence-corrected chi connectivity index (χ4v) is 3.22. The molecule has 2 saturated carbocycles. The van der Waals surface area contributed by atoms with Crippen LogP contribution in [0.1, 0.15) is 31.4 Å². The molecule has 1 aromatic rings. The highest BCUT2D eigenvalue weighted by atomic mass is 16.3. The normalized spacial score (nSPS) is 42.8. The first-order valence-electron chi connectivity index (χ1n) is 5.06. The van der Waals surface area contributed by atoms with E-state index in [0.29, 0.717) is 5.92 Å². The molecule has 0 aliphatic heterocycles. The number of aliphatic hydroxyl groups is 1. The second-order valence-electron chi connectivity index (χ2n) is 4.36. The quantitative estimate of drug-likeness (QED) is 0.714. The van der Waals surface area contributed by atoms with Crippen molar-refractivity contribution in [3.63, 3.8) is 0 Å². The third-order valence-electron chi connectivity index (χ3n) is 3.95. The van der Waals surface area contributed by atoms with Crippen LogP contribution in [0.25, 0.3) is 0 Å². The van der Waals surface area contributed by atoms with Gasteiger partial charge in [-0.1, -0.05) is 6.42 Å². The van der Waals surface area contributed by atoms with E-state index in [-0.39, 0.29) is 11.5 Å². The average Bonchev–Trinajstić information content (AvgIpc) is 2.70. The molecule has 0 saturated heterocycles. The molecular formula is C11H14O2. The summed E-state index contributed by atoms with van der Waals surface area (Å²) in [5, 5.41) is 9.88. The fourth-order valence-electron chi connectivity index (χ4n) is 3.22. The van der Waals surface area contributed by atoms with Gasteiger partial charge in [-0.25, -0.2) is 0 Å². The predicted octanol–water partition coefficient (Wildman–Crippen LogP) is 2.08. The van der Waals surface area contributed by atoms with Gasteiger partial charge in [-0.2, -0.15) is 0 Å². The Morgan fingerprint density at radius 1 is 1.54 bits per heavy atom. The lowest BCUT2D eigenvalue weighted by Crippen LogP contribution is -2.53. The van der Waals surface area contributed by atoms with Gasteiger partial charge in [0.05, 0.1) is 17.8 Å². The minimum atomic E-state index is -0.161. The molecular weight excluding hydrogens is 164 g/mol. The smallest absolute Gasteiger partial charge is 0.112 e. The standard InChI is InChI=1S/C11H14O2/c12-9-7-8-3-1-5-11(8,9)10-4-2-6-13-10/h2,4,6,8-9,12H,1,3,5,7H2. The molecule has 13 heavy (non-hydrogen) atoms. The largest absolute Gasteiger partial charge is 0.469 e. The molecule has 2 aliphatic carbocycles. The maximum Gasteiger partial charge on any atom is 0.112 e. The SMILES string of the molecule is OC1CC2CCCC12c1ccco1. The van der Waals surface area contributed by atoms with Gasteiger partial charge in [0, 0.05) is 0 Å². The molecule has 2 fully saturated rings. The van der Waals surface area contributed by atoms with Crippen LogP contribution in [0.2, 0.25) is 0 Å². The van der Waals surface area contributed by atoms with Gasteiger partial charge in [-0.15, -0.1) is 0 Å². The molecule has 70 valence electrons. The van der Waals surface area contributed by atoms with Crippen molar-refractivity contribution in [3.8, 4) is 0 Å². The summed E-state index contributed by atoms with van der Waals surface area (Å²) in [6.45, 7) is 0. The van der Waals surface area contributed by atoms with Crippen LogP contribution >= 0.6 is 0 Å². The highest BCUT2D eigenvalue weighted by Crippen LogP contribution is 2.58. The van der Waals surface area contributed by atoms with Gasteiger partial charge in [0.15, 0.2) is 0 Å². The van der Waals surface area contributed by atoms with E-state index in [0.717, 1.165) is 18.6 Å². The molecule has 2 heteroatoms. The number of hydrogen-bond donors (Lipinski definition) is 1. The summed E-state index contributed by atoms with van der Waals surface area (Å²) in [7, 11) is 0. The van der Waals surface area contributed by atoms with Gasteiger partial charge in [0.2, 0.25) is 0 Å². The first kappa shape index (κ1) is 7.63. The van der Waals surface area contributed by atoms with Crippen LogP contribution in [0.4, 0.5) is 0 Å². The number of aliphatic hydroxyl groups excluding tert-OH is 1. The van der Waals surface area contributed by atoms with E-state index in [1.54, 1.807) is 6.26 Å². The molecule has 1 heterocycles. The molecule has 3 atom stereocenters. The lowest BCUT2D eigenvalue weighted by atomic mass is 9.58. The summed E-state index contributed by atoms with van der Waals surface area (Å²) in [5.74, 6) is 1.68. The molecule has 1 N–H and O–H groups in total. The maximum atomic E-state index is 9.88. The molecule has 0 amide bonds. The first-order chi connectivity index (χ1) is 6.34. The summed E-state index contributed by atoms with van der Waals surface area (Å²) in [4.78, 5) is 0. The molecule has 3 rings (SSSR count). The molecule has 2 nitrogen and oxygen atoms in total. The van der Waals surface area contributed by atoms with Gasteiger partial charge in [0.1, 0.15) is 5.76 Å². The van der Waals surface area contributed by atoms with Gasteiger partial charge >= 0.3 is 0 Å². The number of hydrogen-bond acceptors (Lipinski definition) is 2. The Balaban J connectivity index is 2.03. The highest BCUT2D eigenvalue weighted by Gasteiger charge is 2.59. The second-order valence-corrected chi connectivity index (χ2v) is 4.36.